The van der Waals surface area contributed by atoms with Crippen LogP contribution in [0.4, 0.5) is 0 Å². The van der Waals surface area contributed by atoms with Gasteiger partial charge in [-0.05, 0) is 40.9 Å². The highest BCUT2D eigenvalue weighted by Gasteiger charge is 2.20. The highest BCUT2D eigenvalue weighted by atomic mass is 32.1. The van der Waals surface area contributed by atoms with Gasteiger partial charge in [0.05, 0.1) is 30.3 Å². The molecule has 1 aromatic carbocycles. The van der Waals surface area contributed by atoms with E-state index in [-0.39, 0.29) is 19.0 Å². The molecule has 0 bridgehead atoms. The van der Waals surface area contributed by atoms with E-state index in [1.165, 1.54) is 18.4 Å². The molecule has 3 aromatic rings. The Morgan fingerprint density at radius 3 is 2.72 bits per heavy atom. The first-order chi connectivity index (χ1) is 12.1. The number of pyridine rings is 1. The normalized spacial score (nSPS) is 10.6. The van der Waals surface area contributed by atoms with E-state index in [1.54, 1.807) is 0 Å². The van der Waals surface area contributed by atoms with Gasteiger partial charge in [0.2, 0.25) is 0 Å². The Balaban J connectivity index is 1.88. The first-order valence-electron chi connectivity index (χ1n) is 7.73. The van der Waals surface area contributed by atoms with Gasteiger partial charge >= 0.3 is 11.9 Å². The van der Waals surface area contributed by atoms with Crippen LogP contribution in [0.3, 0.4) is 0 Å². The van der Waals surface area contributed by atoms with Crippen molar-refractivity contribution in [3.63, 3.8) is 0 Å². The van der Waals surface area contributed by atoms with Crippen LogP contribution in [0.5, 0.6) is 0 Å². The lowest BCUT2D eigenvalue weighted by Gasteiger charge is -2.13. The van der Waals surface area contributed by atoms with Crippen LogP contribution in [0.1, 0.15) is 27.2 Å². The molecule has 3 rings (SSSR count). The number of fused-ring (bicyclic) bond motifs is 1. The van der Waals surface area contributed by atoms with Gasteiger partial charge in [0.15, 0.2) is 0 Å². The summed E-state index contributed by atoms with van der Waals surface area (Å²) in [5.74, 6) is -0.846. The lowest BCUT2D eigenvalue weighted by Crippen LogP contribution is -2.14. The summed E-state index contributed by atoms with van der Waals surface area (Å²) in [5.41, 5.74) is 3.18. The van der Waals surface area contributed by atoms with Crippen molar-refractivity contribution >= 4 is 34.2 Å². The van der Waals surface area contributed by atoms with E-state index in [0.717, 1.165) is 22.0 Å². The largest absolute Gasteiger partial charge is 0.465 e. The monoisotopic (exact) mass is 355 g/mol. The number of methoxy groups -OCH3 is 1. The van der Waals surface area contributed by atoms with Crippen LogP contribution < -0.4 is 0 Å². The van der Waals surface area contributed by atoms with E-state index >= 15 is 0 Å². The Bertz CT molecular complexity index is 919. The quantitative estimate of drug-likeness (QED) is 0.653. The summed E-state index contributed by atoms with van der Waals surface area (Å²) in [5, 5.41) is 4.68. The zero-order valence-corrected chi connectivity index (χ0v) is 14.8. The molecular weight excluding hydrogens is 338 g/mol. The zero-order valence-electron chi connectivity index (χ0n) is 13.9. The Morgan fingerprint density at radius 1 is 1.20 bits per heavy atom. The van der Waals surface area contributed by atoms with Gasteiger partial charge in [-0.1, -0.05) is 18.2 Å². The maximum Gasteiger partial charge on any atom is 0.340 e. The van der Waals surface area contributed by atoms with E-state index in [1.807, 2.05) is 48.0 Å². The van der Waals surface area contributed by atoms with E-state index in [2.05, 4.69) is 4.98 Å². The van der Waals surface area contributed by atoms with Crippen LogP contribution in [-0.4, -0.2) is 24.0 Å². The number of para-hydroxylation sites is 1. The molecule has 5 nitrogen and oxygen atoms in total. The summed E-state index contributed by atoms with van der Waals surface area (Å²) in [6, 6.07) is 9.40. The highest BCUT2D eigenvalue weighted by molar-refractivity contribution is 7.07. The fourth-order valence-electron chi connectivity index (χ4n) is 2.68. The molecule has 25 heavy (non-hydrogen) atoms. The van der Waals surface area contributed by atoms with Crippen molar-refractivity contribution in [2.75, 3.05) is 7.11 Å². The Morgan fingerprint density at radius 2 is 2.00 bits per heavy atom. The number of ether oxygens (including phenoxy) is 2. The maximum atomic E-state index is 12.2. The third-order valence-corrected chi connectivity index (χ3v) is 4.65. The number of hydrogen-bond donors (Lipinski definition) is 0. The molecule has 0 saturated carbocycles. The van der Waals surface area contributed by atoms with Gasteiger partial charge in [-0.25, -0.2) is 9.78 Å². The fourth-order valence-corrected chi connectivity index (χ4v) is 3.35. The summed E-state index contributed by atoms with van der Waals surface area (Å²) in [6.45, 7) is 1.77. The van der Waals surface area contributed by atoms with Crippen LogP contribution in [0.25, 0.3) is 10.9 Å². The van der Waals surface area contributed by atoms with Crippen molar-refractivity contribution in [1.82, 2.24) is 4.98 Å². The third-order valence-electron chi connectivity index (χ3n) is 3.92. The first kappa shape index (κ1) is 17.1. The lowest BCUT2D eigenvalue weighted by molar-refractivity contribution is -0.144. The van der Waals surface area contributed by atoms with Crippen molar-refractivity contribution in [2.24, 2.45) is 0 Å². The number of aromatic nitrogens is 1. The molecule has 2 aromatic heterocycles. The van der Waals surface area contributed by atoms with Crippen LogP contribution in [-0.2, 0) is 27.3 Å². The minimum absolute atomic E-state index is 0.0704. The molecule has 6 heteroatoms. The molecule has 0 aliphatic carbocycles. The van der Waals surface area contributed by atoms with Crippen LogP contribution in [0, 0.1) is 6.92 Å². The molecule has 128 valence electrons. The second-order valence-electron chi connectivity index (χ2n) is 5.54. The van der Waals surface area contributed by atoms with Gasteiger partial charge in [0.1, 0.15) is 6.61 Å². The number of nitrogens with zero attached hydrogens (tertiary/aromatic N) is 1. The molecule has 0 aliphatic heterocycles. The van der Waals surface area contributed by atoms with Crippen molar-refractivity contribution < 1.29 is 19.1 Å². The average Bonchev–Trinajstić information content (AvgIpc) is 3.12. The molecule has 0 fully saturated rings. The van der Waals surface area contributed by atoms with Gasteiger partial charge in [-0.3, -0.25) is 4.79 Å². The summed E-state index contributed by atoms with van der Waals surface area (Å²) in [6.07, 6.45) is 0.198. The van der Waals surface area contributed by atoms with E-state index in [9.17, 15) is 9.59 Å². The van der Waals surface area contributed by atoms with Gasteiger partial charge in [-0.2, -0.15) is 11.3 Å². The number of benzene rings is 1. The molecule has 0 saturated heterocycles. The second-order valence-corrected chi connectivity index (χ2v) is 6.32. The van der Waals surface area contributed by atoms with Crippen LogP contribution >= 0.6 is 11.3 Å². The molecule has 0 unspecified atom stereocenters. The minimum atomic E-state index is -0.486. The SMILES string of the molecule is COC(=O)c1c(COC(=O)Cc2ccsc2)nc2ccccc2c1C. The Kier molecular flexibility index (Phi) is 5.09. The van der Waals surface area contributed by atoms with Crippen molar-refractivity contribution in [3.8, 4) is 0 Å². The predicted molar refractivity (Wildman–Crippen MR) is 95.6 cm³/mol. The van der Waals surface area contributed by atoms with Gasteiger partial charge in [-0.15, -0.1) is 0 Å². The number of aryl methyl sites for hydroxylation is 1. The van der Waals surface area contributed by atoms with E-state index in [4.69, 9.17) is 9.47 Å². The second kappa shape index (κ2) is 7.44. The van der Waals surface area contributed by atoms with Crippen molar-refractivity contribution in [3.05, 3.63) is 63.5 Å². The predicted octanol–water partition coefficient (Wildman–Crippen LogP) is 3.68. The molecule has 0 N–H and O–H groups in total. The minimum Gasteiger partial charge on any atom is -0.465 e. The zero-order chi connectivity index (χ0) is 17.8. The molecule has 2 heterocycles. The third kappa shape index (κ3) is 3.69. The smallest absolute Gasteiger partial charge is 0.340 e. The van der Waals surface area contributed by atoms with Crippen LogP contribution in [0.15, 0.2) is 41.1 Å². The Labute approximate surface area is 149 Å². The van der Waals surface area contributed by atoms with Gasteiger partial charge < -0.3 is 9.47 Å². The van der Waals surface area contributed by atoms with Crippen molar-refractivity contribution in [1.29, 1.82) is 0 Å². The summed E-state index contributed by atoms with van der Waals surface area (Å²) in [4.78, 5) is 28.7. The molecule has 0 spiro atoms. The fraction of sp³-hybridized carbons (Fsp3) is 0.211. The van der Waals surface area contributed by atoms with E-state index in [0.29, 0.717) is 11.3 Å². The first-order valence-corrected chi connectivity index (χ1v) is 8.67. The van der Waals surface area contributed by atoms with Crippen molar-refractivity contribution in [2.45, 2.75) is 20.0 Å². The molecule has 0 atom stereocenters. The summed E-state index contributed by atoms with van der Waals surface area (Å²) >= 11 is 1.53. The number of thiophene rings is 1. The molecule has 0 amide bonds. The number of hydrogen-bond acceptors (Lipinski definition) is 6. The van der Waals surface area contributed by atoms with E-state index < -0.39 is 5.97 Å². The van der Waals surface area contributed by atoms with Gasteiger partial charge in [0, 0.05) is 5.39 Å². The molecule has 0 aliphatic rings. The number of esters is 2. The molecular formula is C19H17NO4S. The number of carbonyl (C=O) groups excluding carboxylic acids is 2. The number of rotatable bonds is 5. The standard InChI is InChI=1S/C19H17NO4S/c1-12-14-5-3-4-6-15(14)20-16(18(12)19(22)23-2)10-24-17(21)9-13-7-8-25-11-13/h3-8,11H,9-10H2,1-2H3. The maximum absolute atomic E-state index is 12.2. The molecule has 0 radical (unpaired) electrons. The lowest BCUT2D eigenvalue weighted by atomic mass is 10.0. The number of carbonyl (C=O) groups is 2. The summed E-state index contributed by atoms with van der Waals surface area (Å²) < 4.78 is 10.2. The van der Waals surface area contributed by atoms with Gasteiger partial charge in [0.25, 0.3) is 0 Å². The van der Waals surface area contributed by atoms with Crippen LogP contribution in [0.2, 0.25) is 0 Å². The highest BCUT2D eigenvalue weighted by Crippen LogP contribution is 2.24. The average molecular weight is 355 g/mol. The Hall–Kier alpha value is -2.73. The summed E-state index contributed by atoms with van der Waals surface area (Å²) in [7, 11) is 1.32. The topological polar surface area (TPSA) is 65.5 Å².